The summed E-state index contributed by atoms with van der Waals surface area (Å²) in [7, 11) is 0. The monoisotopic (exact) mass is 331 g/mol. The maximum atomic E-state index is 13.7. The van der Waals surface area contributed by atoms with Gasteiger partial charge in [0.05, 0.1) is 5.56 Å². The van der Waals surface area contributed by atoms with Gasteiger partial charge in [-0.2, -0.15) is 0 Å². The van der Waals surface area contributed by atoms with E-state index in [1.165, 1.54) is 12.1 Å². The first-order valence-electron chi connectivity index (χ1n) is 5.85. The highest BCUT2D eigenvalue weighted by molar-refractivity contribution is 9.10. The topological polar surface area (TPSA) is 57.6 Å². The Morgan fingerprint density at radius 3 is 2.58 bits per heavy atom. The van der Waals surface area contributed by atoms with E-state index in [1.54, 1.807) is 13.0 Å². The second-order valence-electron chi connectivity index (χ2n) is 4.18. The van der Waals surface area contributed by atoms with Gasteiger partial charge in [0.1, 0.15) is 12.4 Å². The number of aliphatic carboxylic acids is 1. The van der Waals surface area contributed by atoms with Crippen LogP contribution in [-0.2, 0) is 4.79 Å². The van der Waals surface area contributed by atoms with Gasteiger partial charge in [-0.3, -0.25) is 9.59 Å². The number of nitrogens with zero attached hydrogens (tertiary/aromatic N) is 1. The predicted octanol–water partition coefficient (Wildman–Crippen LogP) is 2.91. The van der Waals surface area contributed by atoms with Gasteiger partial charge in [0, 0.05) is 10.5 Å². The zero-order valence-electron chi connectivity index (χ0n) is 10.7. The zero-order chi connectivity index (χ0) is 14.6. The Bertz CT molecular complexity index is 473. The highest BCUT2D eigenvalue weighted by Crippen LogP contribution is 2.22. The summed E-state index contributed by atoms with van der Waals surface area (Å²) in [4.78, 5) is 24.3. The van der Waals surface area contributed by atoms with E-state index in [0.717, 1.165) is 4.90 Å². The van der Waals surface area contributed by atoms with Crippen LogP contribution in [0.25, 0.3) is 0 Å². The van der Waals surface area contributed by atoms with Crippen molar-refractivity contribution in [3.8, 4) is 0 Å². The minimum Gasteiger partial charge on any atom is -0.480 e. The van der Waals surface area contributed by atoms with Gasteiger partial charge in [-0.1, -0.05) is 13.0 Å². The number of hydrogen-bond donors (Lipinski definition) is 1. The third-order valence-corrected chi connectivity index (χ3v) is 3.53. The molecule has 0 saturated heterocycles. The number of carboxylic acids is 1. The van der Waals surface area contributed by atoms with E-state index >= 15 is 0 Å². The van der Waals surface area contributed by atoms with Crippen molar-refractivity contribution in [1.82, 2.24) is 4.90 Å². The van der Waals surface area contributed by atoms with Crippen molar-refractivity contribution in [3.05, 3.63) is 34.1 Å². The predicted molar refractivity (Wildman–Crippen MR) is 72.5 cm³/mol. The number of benzene rings is 1. The maximum Gasteiger partial charge on any atom is 0.323 e. The summed E-state index contributed by atoms with van der Waals surface area (Å²) in [5.74, 6) is -2.42. The summed E-state index contributed by atoms with van der Waals surface area (Å²) < 4.78 is 14.1. The van der Waals surface area contributed by atoms with Crippen molar-refractivity contribution in [2.45, 2.75) is 26.3 Å². The van der Waals surface area contributed by atoms with Gasteiger partial charge in [-0.15, -0.1) is 0 Å². The van der Waals surface area contributed by atoms with E-state index < -0.39 is 24.2 Å². The fourth-order valence-electron chi connectivity index (χ4n) is 1.64. The smallest absolute Gasteiger partial charge is 0.323 e. The molecule has 6 heteroatoms. The van der Waals surface area contributed by atoms with Gasteiger partial charge in [-0.05, 0) is 41.4 Å². The molecule has 19 heavy (non-hydrogen) atoms. The zero-order valence-corrected chi connectivity index (χ0v) is 12.3. The molecular weight excluding hydrogens is 317 g/mol. The van der Waals surface area contributed by atoms with E-state index in [-0.39, 0.29) is 11.6 Å². The van der Waals surface area contributed by atoms with Gasteiger partial charge in [0.25, 0.3) is 5.91 Å². The van der Waals surface area contributed by atoms with Gasteiger partial charge >= 0.3 is 5.97 Å². The number of carbonyl (C=O) groups excluding carboxylic acids is 1. The number of hydrogen-bond acceptors (Lipinski definition) is 2. The van der Waals surface area contributed by atoms with Crippen LogP contribution in [0.5, 0.6) is 0 Å². The number of halogens is 2. The Balaban J connectivity index is 3.15. The minimum atomic E-state index is -1.12. The second kappa shape index (κ2) is 6.65. The first kappa shape index (κ1) is 15.6. The third kappa shape index (κ3) is 3.76. The quantitative estimate of drug-likeness (QED) is 0.902. The lowest BCUT2D eigenvalue weighted by Crippen LogP contribution is -2.42. The molecule has 4 nitrogen and oxygen atoms in total. The fraction of sp³-hybridized carbons (Fsp3) is 0.385. The minimum absolute atomic E-state index is 0.135. The molecule has 0 heterocycles. The molecule has 0 aliphatic rings. The molecule has 1 unspecified atom stereocenters. The summed E-state index contributed by atoms with van der Waals surface area (Å²) in [6.07, 6.45) is 0.588. The molecular formula is C13H15BrFNO3. The van der Waals surface area contributed by atoms with Crippen molar-refractivity contribution in [3.63, 3.8) is 0 Å². The average Bonchev–Trinajstić information content (AvgIpc) is 2.34. The normalized spacial score (nSPS) is 12.0. The third-order valence-electron chi connectivity index (χ3n) is 2.87. The SMILES string of the molecule is CCC(C)N(CC(=O)O)C(=O)c1c(F)cccc1Br. The van der Waals surface area contributed by atoms with Crippen LogP contribution in [0.15, 0.2) is 22.7 Å². The molecule has 0 spiro atoms. The molecule has 0 fully saturated rings. The molecule has 1 atom stereocenters. The van der Waals surface area contributed by atoms with Crippen LogP contribution in [0.1, 0.15) is 30.6 Å². The average molecular weight is 332 g/mol. The molecule has 0 aliphatic carbocycles. The van der Waals surface area contributed by atoms with Gasteiger partial charge in [-0.25, -0.2) is 4.39 Å². The molecule has 1 N–H and O–H groups in total. The Hall–Kier alpha value is -1.43. The molecule has 1 rings (SSSR count). The van der Waals surface area contributed by atoms with E-state index in [2.05, 4.69) is 15.9 Å². The highest BCUT2D eigenvalue weighted by atomic mass is 79.9. The number of carbonyl (C=O) groups is 2. The van der Waals surface area contributed by atoms with Crippen LogP contribution in [0, 0.1) is 5.82 Å². The Kier molecular flexibility index (Phi) is 5.47. The lowest BCUT2D eigenvalue weighted by molar-refractivity contribution is -0.138. The lowest BCUT2D eigenvalue weighted by Gasteiger charge is -2.27. The van der Waals surface area contributed by atoms with Crippen LogP contribution < -0.4 is 0 Å². The maximum absolute atomic E-state index is 13.7. The van der Waals surface area contributed by atoms with Crippen molar-refractivity contribution >= 4 is 27.8 Å². The van der Waals surface area contributed by atoms with Gasteiger partial charge in [0.2, 0.25) is 0 Å². The first-order valence-corrected chi connectivity index (χ1v) is 6.64. The van der Waals surface area contributed by atoms with Crippen LogP contribution in [0.2, 0.25) is 0 Å². The number of amides is 1. The van der Waals surface area contributed by atoms with Crippen molar-refractivity contribution in [1.29, 1.82) is 0 Å². The Morgan fingerprint density at radius 2 is 2.11 bits per heavy atom. The van der Waals surface area contributed by atoms with Gasteiger partial charge in [0.15, 0.2) is 0 Å². The second-order valence-corrected chi connectivity index (χ2v) is 5.04. The molecule has 0 radical (unpaired) electrons. The summed E-state index contributed by atoms with van der Waals surface area (Å²) in [6, 6.07) is 3.91. The molecule has 0 bridgehead atoms. The van der Waals surface area contributed by atoms with E-state index in [4.69, 9.17) is 5.11 Å². The molecule has 1 aromatic carbocycles. The standard InChI is InChI=1S/C13H15BrFNO3/c1-3-8(2)16(7-11(17)18)13(19)12-9(14)5-4-6-10(12)15/h4-6,8H,3,7H2,1-2H3,(H,17,18). The Labute approximate surface area is 119 Å². The summed E-state index contributed by atoms with van der Waals surface area (Å²) in [6.45, 7) is 3.12. The largest absolute Gasteiger partial charge is 0.480 e. The molecule has 1 amide bonds. The molecule has 0 aliphatic heterocycles. The molecule has 1 aromatic rings. The Morgan fingerprint density at radius 1 is 1.47 bits per heavy atom. The van der Waals surface area contributed by atoms with Crippen LogP contribution in [0.3, 0.4) is 0 Å². The van der Waals surface area contributed by atoms with E-state index in [9.17, 15) is 14.0 Å². The van der Waals surface area contributed by atoms with Crippen LogP contribution >= 0.6 is 15.9 Å². The van der Waals surface area contributed by atoms with Crippen LogP contribution in [-0.4, -0.2) is 34.5 Å². The van der Waals surface area contributed by atoms with E-state index in [1.807, 2.05) is 6.92 Å². The fourth-order valence-corrected chi connectivity index (χ4v) is 2.15. The molecule has 0 aromatic heterocycles. The van der Waals surface area contributed by atoms with Gasteiger partial charge < -0.3 is 10.0 Å². The number of rotatable bonds is 5. The van der Waals surface area contributed by atoms with Crippen molar-refractivity contribution in [2.24, 2.45) is 0 Å². The molecule has 104 valence electrons. The van der Waals surface area contributed by atoms with Crippen molar-refractivity contribution < 1.29 is 19.1 Å². The first-order chi connectivity index (χ1) is 8.88. The van der Waals surface area contributed by atoms with Crippen molar-refractivity contribution in [2.75, 3.05) is 6.54 Å². The highest BCUT2D eigenvalue weighted by Gasteiger charge is 2.26. The summed E-state index contributed by atoms with van der Waals surface area (Å²) >= 11 is 3.12. The van der Waals surface area contributed by atoms with Crippen LogP contribution in [0.4, 0.5) is 4.39 Å². The number of carboxylic acid groups (broad SMARTS) is 1. The lowest BCUT2D eigenvalue weighted by atomic mass is 10.1. The molecule has 0 saturated carbocycles. The summed E-state index contributed by atoms with van der Waals surface area (Å²) in [5.41, 5.74) is -0.135. The van der Waals surface area contributed by atoms with E-state index in [0.29, 0.717) is 10.9 Å². The summed E-state index contributed by atoms with van der Waals surface area (Å²) in [5, 5.41) is 8.86.